The van der Waals surface area contributed by atoms with Gasteiger partial charge in [0.25, 0.3) is 5.91 Å². The van der Waals surface area contributed by atoms with Crippen LogP contribution in [-0.4, -0.2) is 22.7 Å². The summed E-state index contributed by atoms with van der Waals surface area (Å²) in [6, 6.07) is 15.3. The Kier molecular flexibility index (Phi) is 5.09. The number of hydrogen-bond acceptors (Lipinski definition) is 5. The van der Waals surface area contributed by atoms with E-state index in [1.54, 1.807) is 0 Å². The van der Waals surface area contributed by atoms with E-state index in [0.717, 1.165) is 16.7 Å². The Balaban J connectivity index is 1.51. The zero-order valence-corrected chi connectivity index (χ0v) is 14.2. The van der Waals surface area contributed by atoms with Crippen LogP contribution in [0.5, 0.6) is 5.75 Å². The lowest BCUT2D eigenvalue weighted by Crippen LogP contribution is -2.28. The fourth-order valence-electron chi connectivity index (χ4n) is 2.28. The Labute approximate surface area is 145 Å². The highest BCUT2D eigenvalue weighted by Crippen LogP contribution is 2.20. The predicted molar refractivity (Wildman–Crippen MR) is 93.0 cm³/mol. The fourth-order valence-corrected chi connectivity index (χ4v) is 2.28. The Morgan fingerprint density at radius 1 is 1.12 bits per heavy atom. The van der Waals surface area contributed by atoms with Gasteiger partial charge in [-0.2, -0.15) is 4.98 Å². The van der Waals surface area contributed by atoms with Gasteiger partial charge in [-0.15, -0.1) is 0 Å². The van der Waals surface area contributed by atoms with Gasteiger partial charge < -0.3 is 14.6 Å². The number of carbonyl (C=O) groups is 1. The first-order valence-corrected chi connectivity index (χ1v) is 7.97. The van der Waals surface area contributed by atoms with Gasteiger partial charge in [0.15, 0.2) is 6.61 Å². The Hall–Kier alpha value is -3.15. The second-order valence-corrected chi connectivity index (χ2v) is 5.64. The fraction of sp³-hybridized carbons (Fsp3) is 0.211. The highest BCUT2D eigenvalue weighted by atomic mass is 16.5. The summed E-state index contributed by atoms with van der Waals surface area (Å²) < 4.78 is 10.7. The molecule has 0 unspecified atom stereocenters. The molecule has 1 heterocycles. The van der Waals surface area contributed by atoms with Crippen LogP contribution in [0.1, 0.15) is 17.0 Å². The molecule has 0 atom stereocenters. The first kappa shape index (κ1) is 16.7. The summed E-state index contributed by atoms with van der Waals surface area (Å²) in [5.74, 6) is 1.30. The number of ether oxygens (including phenoxy) is 1. The molecule has 0 radical (unpaired) electrons. The highest BCUT2D eigenvalue weighted by molar-refractivity contribution is 5.77. The van der Waals surface area contributed by atoms with E-state index in [1.165, 1.54) is 0 Å². The SMILES string of the molecule is Cc1cccc(OCC(=O)NCc2nc(-c3ccccc3)no2)c1C. The molecular weight excluding hydrogens is 318 g/mol. The average molecular weight is 337 g/mol. The van der Waals surface area contributed by atoms with Crippen molar-refractivity contribution >= 4 is 5.91 Å². The molecular formula is C19H19N3O3. The Morgan fingerprint density at radius 2 is 1.92 bits per heavy atom. The molecule has 0 aliphatic heterocycles. The third-order valence-corrected chi connectivity index (χ3v) is 3.85. The summed E-state index contributed by atoms with van der Waals surface area (Å²) in [5.41, 5.74) is 3.01. The summed E-state index contributed by atoms with van der Waals surface area (Å²) in [4.78, 5) is 16.2. The van der Waals surface area contributed by atoms with Gasteiger partial charge in [0.05, 0.1) is 6.54 Å². The van der Waals surface area contributed by atoms with Gasteiger partial charge in [0, 0.05) is 5.56 Å². The molecule has 0 spiro atoms. The Bertz CT molecular complexity index is 859. The summed E-state index contributed by atoms with van der Waals surface area (Å²) in [6.45, 7) is 4.06. The lowest BCUT2D eigenvalue weighted by molar-refractivity contribution is -0.123. The molecule has 6 heteroatoms. The molecule has 1 aromatic heterocycles. The molecule has 0 saturated heterocycles. The number of aryl methyl sites for hydroxylation is 1. The van der Waals surface area contributed by atoms with Gasteiger partial charge in [0.2, 0.25) is 11.7 Å². The molecule has 6 nitrogen and oxygen atoms in total. The summed E-state index contributed by atoms with van der Waals surface area (Å²) >= 11 is 0. The van der Waals surface area contributed by atoms with E-state index >= 15 is 0 Å². The second kappa shape index (κ2) is 7.61. The molecule has 3 aromatic rings. The first-order chi connectivity index (χ1) is 12.1. The maximum Gasteiger partial charge on any atom is 0.258 e. The normalized spacial score (nSPS) is 10.5. The van der Waals surface area contributed by atoms with Crippen molar-refractivity contribution in [1.29, 1.82) is 0 Å². The van der Waals surface area contributed by atoms with Gasteiger partial charge in [0.1, 0.15) is 5.75 Å². The molecule has 0 saturated carbocycles. The van der Waals surface area contributed by atoms with Crippen LogP contribution < -0.4 is 10.1 Å². The van der Waals surface area contributed by atoms with Crippen LogP contribution in [0.3, 0.4) is 0 Å². The summed E-state index contributed by atoms with van der Waals surface area (Å²) in [7, 11) is 0. The van der Waals surface area contributed by atoms with Crippen LogP contribution in [0.4, 0.5) is 0 Å². The standard InChI is InChI=1S/C19H19N3O3/c1-13-7-6-10-16(14(13)2)24-12-17(23)20-11-18-21-19(22-25-18)15-8-4-3-5-9-15/h3-10H,11-12H2,1-2H3,(H,20,23). The summed E-state index contributed by atoms with van der Waals surface area (Å²) in [6.07, 6.45) is 0. The van der Waals surface area contributed by atoms with E-state index in [1.807, 2.05) is 62.4 Å². The minimum atomic E-state index is -0.250. The smallest absolute Gasteiger partial charge is 0.258 e. The van der Waals surface area contributed by atoms with Gasteiger partial charge in [-0.1, -0.05) is 47.6 Å². The van der Waals surface area contributed by atoms with E-state index in [0.29, 0.717) is 17.5 Å². The Morgan fingerprint density at radius 3 is 2.72 bits per heavy atom. The number of rotatable bonds is 6. The minimum Gasteiger partial charge on any atom is -0.483 e. The largest absolute Gasteiger partial charge is 0.483 e. The maximum atomic E-state index is 11.9. The van der Waals surface area contributed by atoms with Crippen LogP contribution in [0.2, 0.25) is 0 Å². The van der Waals surface area contributed by atoms with Crippen molar-refractivity contribution in [3.8, 4) is 17.1 Å². The maximum absolute atomic E-state index is 11.9. The third kappa shape index (κ3) is 4.23. The average Bonchev–Trinajstić information content (AvgIpc) is 3.11. The molecule has 0 bridgehead atoms. The lowest BCUT2D eigenvalue weighted by Gasteiger charge is -2.10. The summed E-state index contributed by atoms with van der Waals surface area (Å²) in [5, 5.41) is 6.62. The highest BCUT2D eigenvalue weighted by Gasteiger charge is 2.10. The van der Waals surface area contributed by atoms with Crippen molar-refractivity contribution in [3.05, 3.63) is 65.5 Å². The molecule has 3 rings (SSSR count). The van der Waals surface area contributed by atoms with E-state index in [4.69, 9.17) is 9.26 Å². The molecule has 0 aliphatic rings. The second-order valence-electron chi connectivity index (χ2n) is 5.64. The van der Waals surface area contributed by atoms with E-state index < -0.39 is 0 Å². The number of nitrogens with one attached hydrogen (secondary N) is 1. The van der Waals surface area contributed by atoms with Crippen molar-refractivity contribution in [1.82, 2.24) is 15.5 Å². The van der Waals surface area contributed by atoms with Gasteiger partial charge in [-0.25, -0.2) is 0 Å². The molecule has 2 aromatic carbocycles. The van der Waals surface area contributed by atoms with Gasteiger partial charge in [-0.3, -0.25) is 4.79 Å². The van der Waals surface area contributed by atoms with Crippen molar-refractivity contribution in [3.63, 3.8) is 0 Å². The predicted octanol–water partition coefficient (Wildman–Crippen LogP) is 3.05. The first-order valence-electron chi connectivity index (χ1n) is 7.97. The molecule has 0 fully saturated rings. The number of carbonyl (C=O) groups excluding carboxylic acids is 1. The van der Waals surface area contributed by atoms with Crippen LogP contribution in [0, 0.1) is 13.8 Å². The quantitative estimate of drug-likeness (QED) is 0.748. The number of amides is 1. The van der Waals surface area contributed by atoms with Crippen molar-refractivity contribution in [2.24, 2.45) is 0 Å². The molecule has 1 N–H and O–H groups in total. The molecule has 1 amide bonds. The van der Waals surface area contributed by atoms with E-state index in [-0.39, 0.29) is 19.1 Å². The zero-order chi connectivity index (χ0) is 17.6. The zero-order valence-electron chi connectivity index (χ0n) is 14.2. The molecule has 128 valence electrons. The number of aromatic nitrogens is 2. The number of hydrogen-bond donors (Lipinski definition) is 1. The topological polar surface area (TPSA) is 77.2 Å². The van der Waals surface area contributed by atoms with Crippen LogP contribution >= 0.6 is 0 Å². The lowest BCUT2D eigenvalue weighted by atomic mass is 10.1. The van der Waals surface area contributed by atoms with Crippen LogP contribution in [-0.2, 0) is 11.3 Å². The monoisotopic (exact) mass is 337 g/mol. The van der Waals surface area contributed by atoms with E-state index in [2.05, 4.69) is 15.5 Å². The van der Waals surface area contributed by atoms with Crippen molar-refractivity contribution in [2.75, 3.05) is 6.61 Å². The van der Waals surface area contributed by atoms with E-state index in [9.17, 15) is 4.79 Å². The van der Waals surface area contributed by atoms with Crippen LogP contribution in [0.25, 0.3) is 11.4 Å². The van der Waals surface area contributed by atoms with Crippen molar-refractivity contribution < 1.29 is 14.1 Å². The van der Waals surface area contributed by atoms with Crippen molar-refractivity contribution in [2.45, 2.75) is 20.4 Å². The molecule has 25 heavy (non-hydrogen) atoms. The van der Waals surface area contributed by atoms with Gasteiger partial charge in [-0.05, 0) is 31.0 Å². The minimum absolute atomic E-state index is 0.0655. The third-order valence-electron chi connectivity index (χ3n) is 3.85. The van der Waals surface area contributed by atoms with Gasteiger partial charge >= 0.3 is 0 Å². The molecule has 0 aliphatic carbocycles. The number of benzene rings is 2. The van der Waals surface area contributed by atoms with Crippen LogP contribution in [0.15, 0.2) is 53.1 Å². The number of nitrogens with zero attached hydrogens (tertiary/aromatic N) is 2.